The van der Waals surface area contributed by atoms with E-state index < -0.39 is 5.09 Å². The van der Waals surface area contributed by atoms with Crippen LogP contribution in [0.4, 0.5) is 0 Å². The maximum Gasteiger partial charge on any atom is 0.291 e. The standard InChI is InChI=1S/C19H18Cl2N2OS.HNO3/c1-24-16-5-2-14(3-6-16)12-25-19(11-23-9-8-22-13-23)17-7-4-15(20)10-18(17)21;2-1(3)4/h2-10,13,19H,11-12H2,1H3;(H,2,3,4). The molecule has 1 N–H and O–H groups in total. The zero-order valence-electron chi connectivity index (χ0n) is 15.4. The zero-order chi connectivity index (χ0) is 21.2. The normalized spacial score (nSPS) is 11.3. The van der Waals surface area contributed by atoms with Gasteiger partial charge in [-0.25, -0.2) is 4.98 Å². The maximum atomic E-state index is 8.36. The number of hydrogen-bond donors (Lipinski definition) is 1. The second kappa shape index (κ2) is 11.5. The summed E-state index contributed by atoms with van der Waals surface area (Å²) in [6, 6.07) is 13.8. The lowest BCUT2D eigenvalue weighted by molar-refractivity contribution is -0.742. The Hall–Kier alpha value is -2.42. The summed E-state index contributed by atoms with van der Waals surface area (Å²) in [5, 5.41) is 15.2. The van der Waals surface area contributed by atoms with Crippen molar-refractivity contribution >= 4 is 35.0 Å². The van der Waals surface area contributed by atoms with Crippen LogP contribution in [0.2, 0.25) is 10.0 Å². The van der Waals surface area contributed by atoms with Crippen LogP contribution in [0.15, 0.2) is 61.2 Å². The average Bonchev–Trinajstić information content (AvgIpc) is 3.18. The van der Waals surface area contributed by atoms with Crippen LogP contribution in [0.3, 0.4) is 0 Å². The number of thioether (sulfide) groups is 1. The first-order valence-electron chi connectivity index (χ1n) is 8.37. The van der Waals surface area contributed by atoms with Crippen LogP contribution >= 0.6 is 35.0 Å². The molecule has 0 radical (unpaired) electrons. The van der Waals surface area contributed by atoms with Gasteiger partial charge < -0.3 is 14.5 Å². The second-order valence-corrected chi connectivity index (χ2v) is 7.85. The van der Waals surface area contributed by atoms with Crippen LogP contribution in [-0.2, 0) is 12.3 Å². The van der Waals surface area contributed by atoms with Crippen molar-refractivity contribution in [3.63, 3.8) is 0 Å². The van der Waals surface area contributed by atoms with Crippen molar-refractivity contribution < 1.29 is 15.0 Å². The van der Waals surface area contributed by atoms with Gasteiger partial charge in [-0.1, -0.05) is 41.4 Å². The quantitative estimate of drug-likeness (QED) is 0.372. The Labute approximate surface area is 182 Å². The maximum absolute atomic E-state index is 8.36. The van der Waals surface area contributed by atoms with Crippen molar-refractivity contribution in [3.8, 4) is 5.75 Å². The first-order valence-corrected chi connectivity index (χ1v) is 10.2. The van der Waals surface area contributed by atoms with E-state index in [2.05, 4.69) is 21.7 Å². The Balaban J connectivity index is 0.000000687. The predicted molar refractivity (Wildman–Crippen MR) is 114 cm³/mol. The monoisotopic (exact) mass is 455 g/mol. The number of hydrogen-bond acceptors (Lipinski definition) is 5. The van der Waals surface area contributed by atoms with Crippen molar-refractivity contribution in [2.75, 3.05) is 7.11 Å². The summed E-state index contributed by atoms with van der Waals surface area (Å²) in [4.78, 5) is 12.5. The number of ether oxygens (including phenoxy) is 1. The van der Waals surface area contributed by atoms with E-state index in [1.807, 2.05) is 48.6 Å². The second-order valence-electron chi connectivity index (χ2n) is 5.81. The number of aromatic nitrogens is 2. The molecule has 10 heteroatoms. The van der Waals surface area contributed by atoms with E-state index >= 15 is 0 Å². The van der Waals surface area contributed by atoms with Gasteiger partial charge in [0.05, 0.1) is 13.4 Å². The Morgan fingerprint density at radius 1 is 1.28 bits per heavy atom. The molecule has 0 spiro atoms. The zero-order valence-corrected chi connectivity index (χ0v) is 17.8. The number of benzene rings is 2. The highest BCUT2D eigenvalue weighted by molar-refractivity contribution is 7.98. The first kappa shape index (κ1) is 22.9. The SMILES string of the molecule is COc1ccc(CSC(Cn2ccnc2)c2ccc(Cl)cc2Cl)cc1.O=[N+]([O-])O. The van der Waals surface area contributed by atoms with Gasteiger partial charge >= 0.3 is 0 Å². The van der Waals surface area contributed by atoms with Gasteiger partial charge in [-0.05, 0) is 35.4 Å². The first-order chi connectivity index (χ1) is 13.9. The third-order valence-corrected chi connectivity index (χ3v) is 5.72. The van der Waals surface area contributed by atoms with Gasteiger partial charge in [-0.15, -0.1) is 21.9 Å². The number of methoxy groups -OCH3 is 1. The highest BCUT2D eigenvalue weighted by Crippen LogP contribution is 2.38. The van der Waals surface area contributed by atoms with E-state index in [9.17, 15) is 0 Å². The van der Waals surface area contributed by atoms with E-state index in [0.717, 1.165) is 23.6 Å². The molecule has 3 aromatic rings. The van der Waals surface area contributed by atoms with Gasteiger partial charge in [0.15, 0.2) is 0 Å². The highest BCUT2D eigenvalue weighted by atomic mass is 35.5. The van der Waals surface area contributed by atoms with Crippen LogP contribution < -0.4 is 4.74 Å². The summed E-state index contributed by atoms with van der Waals surface area (Å²) in [6.45, 7) is 0.794. The molecular weight excluding hydrogens is 437 g/mol. The van der Waals surface area contributed by atoms with Gasteiger partial charge in [0.1, 0.15) is 5.75 Å². The Kier molecular flexibility index (Phi) is 9.11. The van der Waals surface area contributed by atoms with E-state index in [0.29, 0.717) is 10.0 Å². The smallest absolute Gasteiger partial charge is 0.291 e. The molecular formula is C19H19Cl2N3O4S. The van der Waals surface area contributed by atoms with E-state index in [1.54, 1.807) is 19.4 Å². The van der Waals surface area contributed by atoms with Gasteiger partial charge in [-0.3, -0.25) is 0 Å². The number of imidazole rings is 1. The Morgan fingerprint density at radius 3 is 2.52 bits per heavy atom. The van der Waals surface area contributed by atoms with E-state index in [4.69, 9.17) is 43.3 Å². The highest BCUT2D eigenvalue weighted by Gasteiger charge is 2.17. The van der Waals surface area contributed by atoms with Gasteiger partial charge in [0.25, 0.3) is 5.09 Å². The van der Waals surface area contributed by atoms with Crippen molar-refractivity contribution in [1.29, 1.82) is 0 Å². The lowest BCUT2D eigenvalue weighted by Crippen LogP contribution is -2.06. The molecule has 0 saturated heterocycles. The molecule has 1 aromatic heterocycles. The molecule has 29 heavy (non-hydrogen) atoms. The molecule has 1 unspecified atom stereocenters. The molecule has 2 aromatic carbocycles. The summed E-state index contributed by atoms with van der Waals surface area (Å²) in [5.74, 6) is 1.74. The topological polar surface area (TPSA) is 90.4 Å². The van der Waals surface area contributed by atoms with Crippen molar-refractivity contribution in [2.24, 2.45) is 0 Å². The molecule has 0 saturated carbocycles. The molecule has 1 atom stereocenters. The molecule has 0 aliphatic carbocycles. The lowest BCUT2D eigenvalue weighted by atomic mass is 10.1. The summed E-state index contributed by atoms with van der Waals surface area (Å²) >= 11 is 14.3. The number of halogens is 2. The minimum atomic E-state index is -1.50. The van der Waals surface area contributed by atoms with Crippen LogP contribution in [0, 0.1) is 10.1 Å². The minimum absolute atomic E-state index is 0.195. The average molecular weight is 456 g/mol. The molecule has 0 aliphatic heterocycles. The Morgan fingerprint density at radius 2 is 1.97 bits per heavy atom. The summed E-state index contributed by atoms with van der Waals surface area (Å²) in [6.07, 6.45) is 5.57. The number of nitrogens with zero attached hydrogens (tertiary/aromatic N) is 3. The largest absolute Gasteiger partial charge is 0.497 e. The molecule has 7 nitrogen and oxygen atoms in total. The summed E-state index contributed by atoms with van der Waals surface area (Å²) in [5.41, 5.74) is 2.32. The Bertz CT molecular complexity index is 904. The number of rotatable bonds is 7. The van der Waals surface area contributed by atoms with Crippen LogP contribution in [-0.4, -0.2) is 27.0 Å². The summed E-state index contributed by atoms with van der Waals surface area (Å²) < 4.78 is 7.28. The van der Waals surface area contributed by atoms with Crippen LogP contribution in [0.5, 0.6) is 5.75 Å². The van der Waals surface area contributed by atoms with Crippen LogP contribution in [0.1, 0.15) is 16.4 Å². The lowest BCUT2D eigenvalue weighted by Gasteiger charge is -2.19. The van der Waals surface area contributed by atoms with E-state index in [-0.39, 0.29) is 5.25 Å². The molecule has 154 valence electrons. The fraction of sp³-hybridized carbons (Fsp3) is 0.211. The molecule has 1 heterocycles. The molecule has 0 amide bonds. The van der Waals surface area contributed by atoms with Crippen LogP contribution in [0.25, 0.3) is 0 Å². The van der Waals surface area contributed by atoms with Gasteiger partial charge in [0, 0.05) is 40.0 Å². The van der Waals surface area contributed by atoms with Crippen molar-refractivity contribution in [2.45, 2.75) is 17.5 Å². The van der Waals surface area contributed by atoms with E-state index in [1.165, 1.54) is 5.56 Å². The third-order valence-electron chi connectivity index (χ3n) is 3.86. The molecule has 0 bridgehead atoms. The fourth-order valence-electron chi connectivity index (χ4n) is 2.51. The van der Waals surface area contributed by atoms with Crippen molar-refractivity contribution in [3.05, 3.63) is 92.5 Å². The molecule has 0 aliphatic rings. The minimum Gasteiger partial charge on any atom is -0.497 e. The summed E-state index contributed by atoms with van der Waals surface area (Å²) in [7, 11) is 1.67. The molecule has 0 fully saturated rings. The van der Waals surface area contributed by atoms with Gasteiger partial charge in [-0.2, -0.15) is 0 Å². The van der Waals surface area contributed by atoms with Gasteiger partial charge in [0.2, 0.25) is 0 Å². The molecule has 3 rings (SSSR count). The third kappa shape index (κ3) is 7.84. The predicted octanol–water partition coefficient (Wildman–Crippen LogP) is 5.53. The fourth-order valence-corrected chi connectivity index (χ4v) is 4.36. The van der Waals surface area contributed by atoms with Crippen molar-refractivity contribution in [1.82, 2.24) is 9.55 Å².